The first-order valence-corrected chi connectivity index (χ1v) is 3.48. The molecule has 0 bridgehead atoms. The monoisotopic (exact) mass is 173 g/mol. The molecule has 0 saturated carbocycles. The summed E-state index contributed by atoms with van der Waals surface area (Å²) in [6, 6.07) is 2.98. The van der Waals surface area contributed by atoms with Gasteiger partial charge in [0.2, 0.25) is 0 Å². The van der Waals surface area contributed by atoms with E-state index in [2.05, 4.69) is 0 Å². The summed E-state index contributed by atoms with van der Waals surface area (Å²) >= 11 is 0. The molecule has 3 N–H and O–H groups in total. The predicted octanol–water partition coefficient (Wildman–Crippen LogP) is 0.957. The third-order valence-corrected chi connectivity index (χ3v) is 1.54. The Bertz CT molecular complexity index is 278. The lowest BCUT2D eigenvalue weighted by molar-refractivity contribution is 0.181. The van der Waals surface area contributed by atoms with Crippen LogP contribution >= 0.6 is 0 Å². The first-order chi connectivity index (χ1) is 5.65. The SMILES string of the molecule is NC[C@H](O)c1ccc(F)cc1F. The number of halogens is 2. The van der Waals surface area contributed by atoms with Crippen molar-refractivity contribution in [3.05, 3.63) is 35.4 Å². The largest absolute Gasteiger partial charge is 0.387 e. The summed E-state index contributed by atoms with van der Waals surface area (Å²) < 4.78 is 25.2. The number of hydrogen-bond acceptors (Lipinski definition) is 2. The van der Waals surface area contributed by atoms with Crippen LogP contribution in [0.5, 0.6) is 0 Å². The van der Waals surface area contributed by atoms with Crippen LogP contribution in [0, 0.1) is 11.6 Å². The Morgan fingerprint density at radius 3 is 2.58 bits per heavy atom. The molecule has 0 aliphatic carbocycles. The molecule has 4 heteroatoms. The van der Waals surface area contributed by atoms with E-state index < -0.39 is 17.7 Å². The molecule has 0 saturated heterocycles. The highest BCUT2D eigenvalue weighted by atomic mass is 19.1. The molecule has 0 unspecified atom stereocenters. The lowest BCUT2D eigenvalue weighted by Crippen LogP contribution is -2.13. The fourth-order valence-electron chi connectivity index (χ4n) is 0.899. The van der Waals surface area contributed by atoms with Crippen LogP contribution in [0.2, 0.25) is 0 Å². The van der Waals surface area contributed by atoms with Crippen LogP contribution in [-0.2, 0) is 0 Å². The van der Waals surface area contributed by atoms with Crippen LogP contribution in [0.3, 0.4) is 0 Å². The van der Waals surface area contributed by atoms with Gasteiger partial charge in [-0.2, -0.15) is 0 Å². The van der Waals surface area contributed by atoms with Gasteiger partial charge in [-0.25, -0.2) is 8.78 Å². The number of benzene rings is 1. The Kier molecular flexibility index (Phi) is 2.73. The zero-order valence-electron chi connectivity index (χ0n) is 6.30. The van der Waals surface area contributed by atoms with Crippen molar-refractivity contribution < 1.29 is 13.9 Å². The number of rotatable bonds is 2. The van der Waals surface area contributed by atoms with Gasteiger partial charge in [0.15, 0.2) is 0 Å². The maximum Gasteiger partial charge on any atom is 0.131 e. The van der Waals surface area contributed by atoms with Crippen molar-refractivity contribution in [3.63, 3.8) is 0 Å². The summed E-state index contributed by atoms with van der Waals surface area (Å²) in [5.41, 5.74) is 5.13. The molecule has 1 aromatic carbocycles. The van der Waals surface area contributed by atoms with Gasteiger partial charge in [0.05, 0.1) is 6.10 Å². The van der Waals surface area contributed by atoms with E-state index in [0.29, 0.717) is 6.07 Å². The summed E-state index contributed by atoms with van der Waals surface area (Å²) in [5, 5.41) is 9.11. The van der Waals surface area contributed by atoms with E-state index in [1.165, 1.54) is 6.07 Å². The summed E-state index contributed by atoms with van der Waals surface area (Å²) in [6.07, 6.45) is -1.06. The molecule has 2 nitrogen and oxygen atoms in total. The van der Waals surface area contributed by atoms with E-state index in [1.54, 1.807) is 0 Å². The smallest absolute Gasteiger partial charge is 0.131 e. The van der Waals surface area contributed by atoms with Gasteiger partial charge in [-0.05, 0) is 6.07 Å². The lowest BCUT2D eigenvalue weighted by atomic mass is 10.1. The zero-order chi connectivity index (χ0) is 9.14. The molecule has 0 spiro atoms. The Morgan fingerprint density at radius 1 is 1.42 bits per heavy atom. The molecule has 0 aliphatic rings. The van der Waals surface area contributed by atoms with E-state index in [9.17, 15) is 8.78 Å². The summed E-state index contributed by atoms with van der Waals surface area (Å²) in [7, 11) is 0. The molecule has 1 aromatic rings. The van der Waals surface area contributed by atoms with Crippen LogP contribution in [0.25, 0.3) is 0 Å². The van der Waals surface area contributed by atoms with Gasteiger partial charge < -0.3 is 10.8 Å². The minimum atomic E-state index is -1.06. The minimum Gasteiger partial charge on any atom is -0.387 e. The molecule has 12 heavy (non-hydrogen) atoms. The molecule has 1 atom stereocenters. The predicted molar refractivity (Wildman–Crippen MR) is 40.4 cm³/mol. The van der Waals surface area contributed by atoms with Crippen LogP contribution in [0.4, 0.5) is 8.78 Å². The van der Waals surface area contributed by atoms with Gasteiger partial charge >= 0.3 is 0 Å². The fraction of sp³-hybridized carbons (Fsp3) is 0.250. The van der Waals surface area contributed by atoms with Gasteiger partial charge in [-0.1, -0.05) is 6.07 Å². The first kappa shape index (κ1) is 9.09. The quantitative estimate of drug-likeness (QED) is 0.699. The highest BCUT2D eigenvalue weighted by Crippen LogP contribution is 2.16. The average Bonchev–Trinajstić information content (AvgIpc) is 2.03. The number of aliphatic hydroxyl groups excluding tert-OH is 1. The topological polar surface area (TPSA) is 46.2 Å². The highest BCUT2D eigenvalue weighted by molar-refractivity contribution is 5.20. The van der Waals surface area contributed by atoms with Crippen molar-refractivity contribution in [2.24, 2.45) is 5.73 Å². The molecule has 0 aromatic heterocycles. The second kappa shape index (κ2) is 3.60. The molecule has 0 amide bonds. The van der Waals surface area contributed by atoms with Gasteiger partial charge in [-0.15, -0.1) is 0 Å². The Labute approximate surface area is 68.6 Å². The highest BCUT2D eigenvalue weighted by Gasteiger charge is 2.10. The number of aliphatic hydroxyl groups is 1. The maximum absolute atomic E-state index is 12.8. The first-order valence-electron chi connectivity index (χ1n) is 3.48. The molecular weight excluding hydrogens is 164 g/mol. The summed E-state index contributed by atoms with van der Waals surface area (Å²) in [6.45, 7) is -0.0808. The summed E-state index contributed by atoms with van der Waals surface area (Å²) in [5.74, 6) is -1.44. The molecular formula is C8H9F2NO. The normalized spacial score (nSPS) is 13.0. The Balaban J connectivity index is 3.01. The van der Waals surface area contributed by atoms with Gasteiger partial charge in [0.25, 0.3) is 0 Å². The van der Waals surface area contributed by atoms with Crippen LogP contribution in [-0.4, -0.2) is 11.7 Å². The molecule has 0 aliphatic heterocycles. The third-order valence-electron chi connectivity index (χ3n) is 1.54. The van der Waals surface area contributed by atoms with E-state index in [4.69, 9.17) is 10.8 Å². The third kappa shape index (κ3) is 1.78. The lowest BCUT2D eigenvalue weighted by Gasteiger charge is -2.08. The average molecular weight is 173 g/mol. The maximum atomic E-state index is 12.8. The number of hydrogen-bond donors (Lipinski definition) is 2. The molecule has 66 valence electrons. The second-order valence-electron chi connectivity index (χ2n) is 2.42. The minimum absolute atomic E-state index is 0.0268. The van der Waals surface area contributed by atoms with Gasteiger partial charge in [0.1, 0.15) is 11.6 Å². The standard InChI is InChI=1S/C8H9F2NO/c9-5-1-2-6(7(10)3-5)8(12)4-11/h1-3,8,12H,4,11H2/t8-/m0/s1. The van der Waals surface area contributed by atoms with Crippen molar-refractivity contribution in [2.45, 2.75) is 6.10 Å². The van der Waals surface area contributed by atoms with E-state index in [1.807, 2.05) is 0 Å². The molecule has 0 radical (unpaired) electrons. The van der Waals surface area contributed by atoms with E-state index in [-0.39, 0.29) is 12.1 Å². The molecule has 1 rings (SSSR count). The van der Waals surface area contributed by atoms with E-state index in [0.717, 1.165) is 6.07 Å². The molecule has 0 heterocycles. The van der Waals surface area contributed by atoms with Crippen molar-refractivity contribution >= 4 is 0 Å². The van der Waals surface area contributed by atoms with Gasteiger partial charge in [-0.3, -0.25) is 0 Å². The fourth-order valence-corrected chi connectivity index (χ4v) is 0.899. The second-order valence-corrected chi connectivity index (χ2v) is 2.42. The Hall–Kier alpha value is -1.00. The van der Waals surface area contributed by atoms with Crippen LogP contribution in [0.1, 0.15) is 11.7 Å². The van der Waals surface area contributed by atoms with Crippen molar-refractivity contribution in [3.8, 4) is 0 Å². The van der Waals surface area contributed by atoms with Crippen molar-refractivity contribution in [1.82, 2.24) is 0 Å². The number of nitrogens with two attached hydrogens (primary N) is 1. The van der Waals surface area contributed by atoms with Crippen LogP contribution < -0.4 is 5.73 Å². The van der Waals surface area contributed by atoms with Crippen LogP contribution in [0.15, 0.2) is 18.2 Å². The summed E-state index contributed by atoms with van der Waals surface area (Å²) in [4.78, 5) is 0. The van der Waals surface area contributed by atoms with Crippen molar-refractivity contribution in [2.75, 3.05) is 6.54 Å². The zero-order valence-corrected chi connectivity index (χ0v) is 6.30. The van der Waals surface area contributed by atoms with Crippen molar-refractivity contribution in [1.29, 1.82) is 0 Å². The Morgan fingerprint density at radius 2 is 2.08 bits per heavy atom. The van der Waals surface area contributed by atoms with Gasteiger partial charge in [0, 0.05) is 18.2 Å². The van der Waals surface area contributed by atoms with E-state index >= 15 is 0 Å². The molecule has 0 fully saturated rings.